The molecule has 0 unspecified atom stereocenters. The fourth-order valence-corrected chi connectivity index (χ4v) is 5.04. The average Bonchev–Trinajstić information content (AvgIpc) is 2.99. The predicted molar refractivity (Wildman–Crippen MR) is 105 cm³/mol. The predicted octanol–water partition coefficient (Wildman–Crippen LogP) is -0.261. The second-order valence-electron chi connectivity index (χ2n) is 7.20. The fraction of sp³-hybridized carbons (Fsp3) is 0.526. The molecule has 2 aliphatic heterocycles. The van der Waals surface area contributed by atoms with Crippen LogP contribution in [0.25, 0.3) is 0 Å². The minimum atomic E-state index is -3.79. The third-order valence-electron chi connectivity index (χ3n) is 5.36. The number of hydrogen-bond acceptors (Lipinski definition) is 5. The van der Waals surface area contributed by atoms with Gasteiger partial charge in [-0.2, -0.15) is 4.31 Å². The van der Waals surface area contributed by atoms with Crippen LogP contribution >= 0.6 is 0 Å². The van der Waals surface area contributed by atoms with Crippen LogP contribution in [0.4, 0.5) is 4.39 Å². The molecule has 0 aliphatic carbocycles. The highest BCUT2D eigenvalue weighted by Gasteiger charge is 2.34. The molecule has 3 rings (SSSR count). The molecule has 3 amide bonds. The maximum Gasteiger partial charge on any atom is 0.312 e. The van der Waals surface area contributed by atoms with Gasteiger partial charge < -0.3 is 14.7 Å². The topological polar surface area (TPSA) is 98.3 Å². The van der Waals surface area contributed by atoms with Crippen molar-refractivity contribution in [2.24, 2.45) is 0 Å². The summed E-state index contributed by atoms with van der Waals surface area (Å²) in [5, 5.41) is 0. The van der Waals surface area contributed by atoms with Crippen molar-refractivity contribution in [3.63, 3.8) is 0 Å². The number of nitrogens with zero attached hydrogens (tertiary/aromatic N) is 4. The van der Waals surface area contributed by atoms with Crippen molar-refractivity contribution in [2.75, 3.05) is 52.4 Å². The number of hydrogen-bond donors (Lipinski definition) is 0. The van der Waals surface area contributed by atoms with E-state index in [0.29, 0.717) is 32.6 Å². The van der Waals surface area contributed by atoms with E-state index in [0.717, 1.165) is 12.1 Å². The fourth-order valence-electron chi connectivity index (χ4n) is 3.57. The molecular weight excluding hydrogens is 415 g/mol. The zero-order valence-electron chi connectivity index (χ0n) is 16.8. The normalized spacial score (nSPS) is 19.2. The lowest BCUT2D eigenvalue weighted by atomic mass is 10.2. The number of carbonyl (C=O) groups is 3. The third kappa shape index (κ3) is 4.62. The number of likely N-dealkylation sites (N-methyl/N-ethyl adjacent to an activating group) is 1. The van der Waals surface area contributed by atoms with E-state index in [-0.39, 0.29) is 37.0 Å². The standard InChI is InChI=1S/C19H25FN4O5S/c1-2-21-10-11-23(19(27)18(21)26)14-17(25)22-8-3-9-24(13-12-22)30(28,29)16-6-4-15(20)5-7-16/h4-7H,2-3,8-14H2,1H3. The minimum absolute atomic E-state index is 0.00146. The number of piperazine rings is 1. The molecular formula is C19H25FN4O5S. The number of benzene rings is 1. The molecule has 11 heteroatoms. The molecule has 1 aromatic rings. The van der Waals surface area contributed by atoms with E-state index in [1.165, 1.54) is 31.1 Å². The van der Waals surface area contributed by atoms with Crippen LogP contribution in [0.5, 0.6) is 0 Å². The zero-order chi connectivity index (χ0) is 21.9. The van der Waals surface area contributed by atoms with Crippen LogP contribution in [0, 0.1) is 5.82 Å². The van der Waals surface area contributed by atoms with Crippen molar-refractivity contribution in [1.82, 2.24) is 19.0 Å². The van der Waals surface area contributed by atoms with Crippen LogP contribution in [-0.2, 0) is 24.4 Å². The van der Waals surface area contributed by atoms with Crippen LogP contribution in [0.1, 0.15) is 13.3 Å². The van der Waals surface area contributed by atoms with Gasteiger partial charge >= 0.3 is 11.8 Å². The van der Waals surface area contributed by atoms with Crippen LogP contribution in [-0.4, -0.2) is 97.5 Å². The van der Waals surface area contributed by atoms with E-state index >= 15 is 0 Å². The molecule has 0 spiro atoms. The van der Waals surface area contributed by atoms with E-state index in [1.807, 2.05) is 0 Å². The first-order chi connectivity index (χ1) is 14.2. The first-order valence-corrected chi connectivity index (χ1v) is 11.3. The highest BCUT2D eigenvalue weighted by Crippen LogP contribution is 2.18. The van der Waals surface area contributed by atoms with Crippen LogP contribution in [0.15, 0.2) is 29.2 Å². The molecule has 2 saturated heterocycles. The van der Waals surface area contributed by atoms with Crippen molar-refractivity contribution >= 4 is 27.7 Å². The van der Waals surface area contributed by atoms with E-state index in [1.54, 1.807) is 6.92 Å². The molecule has 0 bridgehead atoms. The summed E-state index contributed by atoms with van der Waals surface area (Å²) in [7, 11) is -3.79. The molecule has 0 N–H and O–H groups in total. The number of amides is 3. The smallest absolute Gasteiger partial charge is 0.312 e. The van der Waals surface area contributed by atoms with E-state index in [2.05, 4.69) is 0 Å². The molecule has 0 saturated carbocycles. The van der Waals surface area contributed by atoms with Crippen LogP contribution < -0.4 is 0 Å². The van der Waals surface area contributed by atoms with Crippen molar-refractivity contribution in [3.8, 4) is 0 Å². The van der Waals surface area contributed by atoms with Gasteiger partial charge in [0.2, 0.25) is 15.9 Å². The molecule has 30 heavy (non-hydrogen) atoms. The van der Waals surface area contributed by atoms with Crippen molar-refractivity contribution in [3.05, 3.63) is 30.1 Å². The van der Waals surface area contributed by atoms with E-state index in [4.69, 9.17) is 0 Å². The largest absolute Gasteiger partial charge is 0.340 e. The summed E-state index contributed by atoms with van der Waals surface area (Å²) >= 11 is 0. The maximum absolute atomic E-state index is 13.1. The number of rotatable bonds is 5. The summed E-state index contributed by atoms with van der Waals surface area (Å²) in [6.07, 6.45) is 0.433. The van der Waals surface area contributed by atoms with Crippen LogP contribution in [0.2, 0.25) is 0 Å². The molecule has 2 fully saturated rings. The number of halogens is 1. The number of sulfonamides is 1. The average molecular weight is 440 g/mol. The summed E-state index contributed by atoms with van der Waals surface area (Å²) in [5.74, 6) is -2.13. The second-order valence-corrected chi connectivity index (χ2v) is 9.14. The minimum Gasteiger partial charge on any atom is -0.340 e. The summed E-state index contributed by atoms with van der Waals surface area (Å²) < 4.78 is 40.0. The van der Waals surface area contributed by atoms with Crippen molar-refractivity contribution in [1.29, 1.82) is 0 Å². The molecule has 9 nitrogen and oxygen atoms in total. The SMILES string of the molecule is CCN1CCN(CC(=O)N2CCCN(S(=O)(=O)c3ccc(F)cc3)CC2)C(=O)C1=O. The lowest BCUT2D eigenvalue weighted by Gasteiger charge is -2.33. The molecule has 0 aromatic heterocycles. The summed E-state index contributed by atoms with van der Waals surface area (Å²) in [6, 6.07) is 4.63. The van der Waals surface area contributed by atoms with E-state index in [9.17, 15) is 27.2 Å². The Morgan fingerprint density at radius 3 is 2.23 bits per heavy atom. The maximum atomic E-state index is 13.1. The van der Waals surface area contributed by atoms with Gasteiger partial charge in [-0.05, 0) is 37.6 Å². The summed E-state index contributed by atoms with van der Waals surface area (Å²) in [4.78, 5) is 41.1. The summed E-state index contributed by atoms with van der Waals surface area (Å²) in [6.45, 7) is 3.57. The first kappa shape index (κ1) is 22.2. The highest BCUT2D eigenvalue weighted by atomic mass is 32.2. The van der Waals surface area contributed by atoms with Crippen LogP contribution in [0.3, 0.4) is 0 Å². The Hall–Kier alpha value is -2.53. The molecule has 2 heterocycles. The van der Waals surface area contributed by atoms with Gasteiger partial charge in [0.05, 0.1) is 4.90 Å². The van der Waals surface area contributed by atoms with Crippen molar-refractivity contribution < 1.29 is 27.2 Å². The Morgan fingerprint density at radius 1 is 0.933 bits per heavy atom. The Labute approximate surface area is 175 Å². The molecule has 0 atom stereocenters. The molecule has 2 aliphatic rings. The first-order valence-electron chi connectivity index (χ1n) is 9.85. The molecule has 0 radical (unpaired) electrons. The quantitative estimate of drug-likeness (QED) is 0.588. The Balaban J connectivity index is 1.61. The second kappa shape index (κ2) is 9.09. The molecule has 1 aromatic carbocycles. The Morgan fingerprint density at radius 2 is 1.57 bits per heavy atom. The van der Waals surface area contributed by atoms with Gasteiger partial charge in [-0.3, -0.25) is 14.4 Å². The van der Waals surface area contributed by atoms with Gasteiger partial charge in [0, 0.05) is 45.8 Å². The Bertz CT molecular complexity index is 921. The van der Waals surface area contributed by atoms with Gasteiger partial charge in [0.1, 0.15) is 12.4 Å². The van der Waals surface area contributed by atoms with Crippen molar-refractivity contribution in [2.45, 2.75) is 18.2 Å². The van der Waals surface area contributed by atoms with Gasteiger partial charge in [0.25, 0.3) is 0 Å². The Kier molecular flexibility index (Phi) is 6.71. The number of carbonyl (C=O) groups excluding carboxylic acids is 3. The lowest BCUT2D eigenvalue weighted by Crippen LogP contribution is -2.56. The van der Waals surface area contributed by atoms with Gasteiger partial charge in [-0.25, -0.2) is 12.8 Å². The monoisotopic (exact) mass is 440 g/mol. The van der Waals surface area contributed by atoms with Gasteiger partial charge in [0.15, 0.2) is 0 Å². The van der Waals surface area contributed by atoms with Gasteiger partial charge in [-0.1, -0.05) is 0 Å². The lowest BCUT2D eigenvalue weighted by molar-refractivity contribution is -0.157. The van der Waals surface area contributed by atoms with Gasteiger partial charge in [-0.15, -0.1) is 0 Å². The highest BCUT2D eigenvalue weighted by molar-refractivity contribution is 7.89. The molecule has 164 valence electrons. The third-order valence-corrected chi connectivity index (χ3v) is 7.28. The zero-order valence-corrected chi connectivity index (χ0v) is 17.6. The van der Waals surface area contributed by atoms with E-state index < -0.39 is 27.7 Å². The summed E-state index contributed by atoms with van der Waals surface area (Å²) in [5.41, 5.74) is 0.